The molecule has 2 atom stereocenters. The summed E-state index contributed by atoms with van der Waals surface area (Å²) in [5.41, 5.74) is 0. The lowest BCUT2D eigenvalue weighted by molar-refractivity contribution is 0.166. The molecule has 0 aromatic carbocycles. The fraction of sp³-hybridized carbons (Fsp3) is 0.950. The Morgan fingerprint density at radius 3 is 2.38 bits per heavy atom. The summed E-state index contributed by atoms with van der Waals surface area (Å²) >= 11 is 0. The molecule has 0 saturated carbocycles. The van der Waals surface area contributed by atoms with Crippen molar-refractivity contribution in [2.45, 2.75) is 96.6 Å². The highest BCUT2D eigenvalue weighted by atomic mass is 28.3. The molecule has 0 bridgehead atoms. The Labute approximate surface area is 152 Å². The van der Waals surface area contributed by atoms with Gasteiger partial charge in [0, 0.05) is 18.9 Å². The van der Waals surface area contributed by atoms with Crippen molar-refractivity contribution in [1.29, 1.82) is 5.26 Å². The molecular weight excluding hydrogens is 310 g/mol. The van der Waals surface area contributed by atoms with E-state index in [4.69, 9.17) is 5.26 Å². The Morgan fingerprint density at radius 2 is 1.75 bits per heavy atom. The molecule has 1 saturated heterocycles. The highest BCUT2D eigenvalue weighted by Crippen LogP contribution is 2.24. The number of nitrogens with one attached hydrogen (secondary N) is 1. The number of nitrogens with zero attached hydrogens (tertiary/aromatic N) is 2. The molecule has 0 radical (unpaired) electrons. The van der Waals surface area contributed by atoms with Gasteiger partial charge in [-0.1, -0.05) is 77.4 Å². The van der Waals surface area contributed by atoms with Gasteiger partial charge in [-0.05, 0) is 19.9 Å². The first kappa shape index (κ1) is 21.7. The summed E-state index contributed by atoms with van der Waals surface area (Å²) in [5.74, 6) is 0.701. The van der Waals surface area contributed by atoms with E-state index in [1.165, 1.54) is 63.8 Å². The zero-order chi connectivity index (χ0) is 17.8. The molecule has 1 heterocycles. The van der Waals surface area contributed by atoms with Crippen LogP contribution in [0.15, 0.2) is 0 Å². The van der Waals surface area contributed by atoms with Crippen LogP contribution in [0.1, 0.15) is 71.6 Å². The van der Waals surface area contributed by atoms with E-state index in [2.05, 4.69) is 43.2 Å². The Kier molecular flexibility index (Phi) is 10.9. The second-order valence-electron chi connectivity index (χ2n) is 8.45. The van der Waals surface area contributed by atoms with E-state index in [1.807, 2.05) is 0 Å². The molecule has 1 rings (SSSR count). The van der Waals surface area contributed by atoms with Gasteiger partial charge in [0.25, 0.3) is 0 Å². The van der Waals surface area contributed by atoms with Crippen molar-refractivity contribution >= 4 is 8.07 Å². The summed E-state index contributed by atoms with van der Waals surface area (Å²) in [6.07, 6.45) is 12.5. The van der Waals surface area contributed by atoms with Gasteiger partial charge in [-0.25, -0.2) is 0 Å². The van der Waals surface area contributed by atoms with E-state index in [0.29, 0.717) is 5.79 Å². The van der Waals surface area contributed by atoms with Gasteiger partial charge in [0.15, 0.2) is 0 Å². The maximum atomic E-state index is 9.15. The lowest BCUT2D eigenvalue weighted by atomic mass is 10.1. The summed E-state index contributed by atoms with van der Waals surface area (Å²) < 4.78 is 0. The van der Waals surface area contributed by atoms with Crippen LogP contribution in [-0.4, -0.2) is 38.4 Å². The molecule has 3 nitrogen and oxygen atoms in total. The minimum absolute atomic E-state index is 0.139. The Balaban J connectivity index is 2.32. The Morgan fingerprint density at radius 1 is 1.12 bits per heavy atom. The van der Waals surface area contributed by atoms with Crippen molar-refractivity contribution in [1.82, 2.24) is 10.2 Å². The van der Waals surface area contributed by atoms with Crippen LogP contribution in [0.25, 0.3) is 0 Å². The third-order valence-corrected chi connectivity index (χ3v) is 9.16. The van der Waals surface area contributed by atoms with Crippen LogP contribution in [0.3, 0.4) is 0 Å². The van der Waals surface area contributed by atoms with Crippen molar-refractivity contribution in [3.63, 3.8) is 0 Å². The van der Waals surface area contributed by atoms with Gasteiger partial charge < -0.3 is 5.32 Å². The summed E-state index contributed by atoms with van der Waals surface area (Å²) in [4.78, 5) is 2.58. The van der Waals surface area contributed by atoms with E-state index in [9.17, 15) is 0 Å². The average Bonchev–Trinajstić information content (AvgIpc) is 2.57. The predicted molar refractivity (Wildman–Crippen MR) is 108 cm³/mol. The first-order valence-electron chi connectivity index (χ1n) is 10.4. The van der Waals surface area contributed by atoms with E-state index >= 15 is 0 Å². The summed E-state index contributed by atoms with van der Waals surface area (Å²) in [6.45, 7) is 12.7. The van der Waals surface area contributed by atoms with Crippen molar-refractivity contribution in [2.75, 3.05) is 19.6 Å². The maximum Gasteiger partial charge on any atom is 0.0848 e. The highest BCUT2D eigenvalue weighted by molar-refractivity contribution is 6.78. The SMILES string of the molecule is CCCCCCCCCC[Si](C)(C)C1NCCCN1CC(C)C#N. The van der Waals surface area contributed by atoms with Crippen LogP contribution >= 0.6 is 0 Å². The monoisotopic (exact) mass is 351 g/mol. The molecule has 0 aromatic heterocycles. The quantitative estimate of drug-likeness (QED) is 0.390. The number of hydrogen-bond acceptors (Lipinski definition) is 3. The predicted octanol–water partition coefficient (Wildman–Crippen LogP) is 5.16. The van der Waals surface area contributed by atoms with Gasteiger partial charge >= 0.3 is 0 Å². The Hall–Kier alpha value is -0.373. The van der Waals surface area contributed by atoms with Crippen molar-refractivity contribution < 1.29 is 0 Å². The second kappa shape index (κ2) is 12.1. The van der Waals surface area contributed by atoms with Crippen LogP contribution in [-0.2, 0) is 0 Å². The van der Waals surface area contributed by atoms with Crippen LogP contribution in [0, 0.1) is 17.2 Å². The topological polar surface area (TPSA) is 39.1 Å². The maximum absolute atomic E-state index is 9.15. The molecule has 140 valence electrons. The van der Waals surface area contributed by atoms with Gasteiger partial charge in [-0.15, -0.1) is 0 Å². The molecule has 4 heteroatoms. The molecule has 2 unspecified atom stereocenters. The summed E-state index contributed by atoms with van der Waals surface area (Å²) in [7, 11) is -1.32. The van der Waals surface area contributed by atoms with Crippen molar-refractivity contribution in [3.05, 3.63) is 0 Å². The van der Waals surface area contributed by atoms with Gasteiger partial charge in [-0.3, -0.25) is 4.90 Å². The first-order chi connectivity index (χ1) is 11.5. The molecule has 0 spiro atoms. The standard InChI is InChI=1S/C20H41N3Si/c1-5-6-7-8-9-10-11-12-16-24(3,4)20-22-14-13-15-23(20)18-19(2)17-21/h19-20,22H,5-16,18H2,1-4H3. The molecule has 1 fully saturated rings. The minimum Gasteiger partial charge on any atom is -0.304 e. The van der Waals surface area contributed by atoms with E-state index in [1.54, 1.807) is 0 Å². The third kappa shape index (κ3) is 8.14. The molecule has 0 amide bonds. The van der Waals surface area contributed by atoms with Crippen LogP contribution in [0.4, 0.5) is 0 Å². The van der Waals surface area contributed by atoms with Gasteiger partial charge in [-0.2, -0.15) is 5.26 Å². The van der Waals surface area contributed by atoms with Crippen molar-refractivity contribution in [2.24, 2.45) is 5.92 Å². The van der Waals surface area contributed by atoms with Crippen LogP contribution in [0.2, 0.25) is 19.1 Å². The fourth-order valence-electron chi connectivity index (χ4n) is 3.99. The zero-order valence-electron chi connectivity index (χ0n) is 16.7. The molecule has 1 aliphatic rings. The second-order valence-corrected chi connectivity index (χ2v) is 13.5. The zero-order valence-corrected chi connectivity index (χ0v) is 17.7. The third-order valence-electron chi connectivity index (χ3n) is 5.47. The summed E-state index contributed by atoms with van der Waals surface area (Å²) in [5, 5.41) is 12.9. The molecule has 1 aliphatic heterocycles. The number of nitriles is 1. The highest BCUT2D eigenvalue weighted by Gasteiger charge is 2.37. The van der Waals surface area contributed by atoms with E-state index in [0.717, 1.165) is 19.6 Å². The van der Waals surface area contributed by atoms with Crippen LogP contribution in [0.5, 0.6) is 0 Å². The Bertz CT molecular complexity index is 364. The van der Waals surface area contributed by atoms with Gasteiger partial charge in [0.05, 0.1) is 20.1 Å². The first-order valence-corrected chi connectivity index (χ1v) is 13.7. The molecule has 24 heavy (non-hydrogen) atoms. The lowest BCUT2D eigenvalue weighted by Crippen LogP contribution is -2.64. The molecule has 1 N–H and O–H groups in total. The number of unbranched alkanes of at least 4 members (excludes halogenated alkanes) is 7. The number of rotatable bonds is 12. The largest absolute Gasteiger partial charge is 0.304 e. The minimum atomic E-state index is -1.32. The van der Waals surface area contributed by atoms with E-state index < -0.39 is 8.07 Å². The average molecular weight is 352 g/mol. The molecule has 0 aromatic rings. The smallest absolute Gasteiger partial charge is 0.0848 e. The lowest BCUT2D eigenvalue weighted by Gasteiger charge is -2.45. The normalized spacial score (nSPS) is 20.7. The molecular formula is C20H41N3Si. The molecule has 0 aliphatic carbocycles. The fourth-order valence-corrected chi connectivity index (χ4v) is 7.34. The van der Waals surface area contributed by atoms with Crippen LogP contribution < -0.4 is 5.32 Å². The summed E-state index contributed by atoms with van der Waals surface area (Å²) in [6, 6.07) is 3.82. The van der Waals surface area contributed by atoms with Gasteiger partial charge in [0.2, 0.25) is 0 Å². The van der Waals surface area contributed by atoms with Crippen molar-refractivity contribution in [3.8, 4) is 6.07 Å². The van der Waals surface area contributed by atoms with E-state index in [-0.39, 0.29) is 5.92 Å². The van der Waals surface area contributed by atoms with Gasteiger partial charge in [0.1, 0.15) is 0 Å². The number of hydrogen-bond donors (Lipinski definition) is 1.